The van der Waals surface area contributed by atoms with Crippen LogP contribution in [0.25, 0.3) is 0 Å². The van der Waals surface area contributed by atoms with Gasteiger partial charge in [0, 0.05) is 0 Å². The number of alkyl halides is 16. The van der Waals surface area contributed by atoms with E-state index in [0.717, 1.165) is 0 Å². The zero-order chi connectivity index (χ0) is 26.4. The highest BCUT2D eigenvalue weighted by Crippen LogP contribution is 2.52. The molecule has 0 bridgehead atoms. The summed E-state index contributed by atoms with van der Waals surface area (Å²) in [7, 11) is -9.30. The van der Waals surface area contributed by atoms with Gasteiger partial charge in [-0.05, 0) is 0 Å². The summed E-state index contributed by atoms with van der Waals surface area (Å²) in [6.45, 7) is 0. The van der Waals surface area contributed by atoms with E-state index in [9.17, 15) is 84.6 Å². The van der Waals surface area contributed by atoms with Crippen LogP contribution >= 0.6 is 0 Å². The lowest BCUT2D eigenvalue weighted by Gasteiger charge is -2.36. The fraction of sp³-hybridized carbons (Fsp3) is 0.667. The van der Waals surface area contributed by atoms with Crippen LogP contribution in [0.2, 0.25) is 0 Å². The highest BCUT2D eigenvalue weighted by atomic mass is 28.4. The summed E-state index contributed by atoms with van der Waals surface area (Å²) < 4.78 is 208. The molecule has 0 rings (SSSR count). The van der Waals surface area contributed by atoms with Gasteiger partial charge < -0.3 is 13.3 Å². The molecule has 0 aliphatic rings. The van der Waals surface area contributed by atoms with Gasteiger partial charge in [-0.25, -0.2) is 14.4 Å². The minimum atomic E-state index is -9.30. The zero-order valence-corrected chi connectivity index (χ0v) is 14.5. The minimum Gasteiger partial charge on any atom is -0.445 e. The summed E-state index contributed by atoms with van der Waals surface area (Å²) >= 11 is 0. The number of carbonyl (C=O) groups is 3. The van der Waals surface area contributed by atoms with E-state index in [-0.39, 0.29) is 0 Å². The second-order valence-corrected chi connectivity index (χ2v) is 7.22. The van der Waals surface area contributed by atoms with Gasteiger partial charge in [0.25, 0.3) is 0 Å². The van der Waals surface area contributed by atoms with Crippen LogP contribution < -0.4 is 0 Å². The number of rotatable bonds is 5. The third-order valence-electron chi connectivity index (χ3n) is 2.51. The van der Waals surface area contributed by atoms with E-state index in [1.807, 2.05) is 0 Å². The smallest absolute Gasteiger partial charge is 0.445 e. The van der Waals surface area contributed by atoms with Crippen molar-refractivity contribution >= 4 is 26.7 Å². The molecule has 0 unspecified atom stereocenters. The lowest BCUT2D eigenvalue weighted by molar-refractivity contribution is -0.344. The SMILES string of the molecule is O=C(O[Si](OC(=O)C(F)(F)F)(OC(=O)C(F)(F)F)C(F)(F)C(F)(F)C(F)(F)F)C(F)(F)F. The Morgan fingerprint density at radius 2 is 0.688 bits per heavy atom. The van der Waals surface area contributed by atoms with E-state index in [1.54, 1.807) is 0 Å². The van der Waals surface area contributed by atoms with Gasteiger partial charge in [-0.3, -0.25) is 0 Å². The van der Waals surface area contributed by atoms with E-state index in [0.29, 0.717) is 0 Å². The van der Waals surface area contributed by atoms with E-state index in [2.05, 4.69) is 13.3 Å². The van der Waals surface area contributed by atoms with E-state index in [1.165, 1.54) is 0 Å². The first-order valence-corrected chi connectivity index (χ1v) is 8.09. The Morgan fingerprint density at radius 3 is 0.844 bits per heavy atom. The van der Waals surface area contributed by atoms with Crippen molar-refractivity contribution in [3.8, 4) is 0 Å². The first kappa shape index (κ1) is 29.5. The summed E-state index contributed by atoms with van der Waals surface area (Å²) in [5.74, 6) is -21.5. The quantitative estimate of drug-likeness (QED) is 0.395. The number of halogens is 16. The molecule has 0 saturated carbocycles. The topological polar surface area (TPSA) is 78.9 Å². The molecule has 23 heteroatoms. The molecule has 0 radical (unpaired) electrons. The van der Waals surface area contributed by atoms with Crippen LogP contribution in [-0.4, -0.2) is 62.9 Å². The van der Waals surface area contributed by atoms with Crippen LogP contribution in [0.1, 0.15) is 0 Å². The molecule has 6 nitrogen and oxygen atoms in total. The van der Waals surface area contributed by atoms with Gasteiger partial charge in [-0.15, -0.1) is 0 Å². The molecule has 0 saturated heterocycles. The van der Waals surface area contributed by atoms with Crippen molar-refractivity contribution in [2.75, 3.05) is 0 Å². The Balaban J connectivity index is 7.22. The van der Waals surface area contributed by atoms with Gasteiger partial charge in [0.1, 0.15) is 0 Å². The predicted octanol–water partition coefficient (Wildman–Crippen LogP) is 3.61. The van der Waals surface area contributed by atoms with Gasteiger partial charge in [0.2, 0.25) is 0 Å². The molecule has 0 spiro atoms. The summed E-state index contributed by atoms with van der Waals surface area (Å²) in [6, 6.07) is 0. The lowest BCUT2D eigenvalue weighted by atomic mass is 10.3. The Kier molecular flexibility index (Phi) is 7.50. The van der Waals surface area contributed by atoms with Crippen LogP contribution in [0.4, 0.5) is 70.2 Å². The minimum absolute atomic E-state index is 2.24. The summed E-state index contributed by atoms with van der Waals surface area (Å²) in [4.78, 5) is 31.9. The van der Waals surface area contributed by atoms with Crippen LogP contribution in [0.15, 0.2) is 0 Å². The van der Waals surface area contributed by atoms with E-state index in [4.69, 9.17) is 0 Å². The number of carbonyl (C=O) groups excluding carboxylic acids is 3. The van der Waals surface area contributed by atoms with E-state index >= 15 is 0 Å². The second kappa shape index (κ2) is 8.13. The highest BCUT2D eigenvalue weighted by molar-refractivity contribution is 6.68. The van der Waals surface area contributed by atoms with Crippen molar-refractivity contribution in [2.45, 2.75) is 36.2 Å². The Hall–Kier alpha value is -2.49. The zero-order valence-electron chi connectivity index (χ0n) is 13.5. The molecule has 0 heterocycles. The molecule has 0 fully saturated rings. The molecule has 0 atom stereocenters. The molecule has 32 heavy (non-hydrogen) atoms. The molecular formula is C9F16O6Si. The van der Waals surface area contributed by atoms with Crippen LogP contribution in [-0.2, 0) is 27.7 Å². The maximum atomic E-state index is 13.9. The number of hydrogen-bond donors (Lipinski definition) is 0. The van der Waals surface area contributed by atoms with Crippen LogP contribution in [0, 0.1) is 0 Å². The van der Waals surface area contributed by atoms with Crippen molar-refractivity contribution in [2.24, 2.45) is 0 Å². The normalized spacial score (nSPS) is 14.6. The Labute approximate surface area is 162 Å². The second-order valence-electron chi connectivity index (χ2n) is 4.86. The fourth-order valence-electron chi connectivity index (χ4n) is 1.16. The Bertz CT molecular complexity index is 676. The molecule has 0 N–H and O–H groups in total. The molecule has 0 amide bonds. The van der Waals surface area contributed by atoms with Gasteiger partial charge >= 0.3 is 62.9 Å². The van der Waals surface area contributed by atoms with Crippen molar-refractivity contribution in [1.82, 2.24) is 0 Å². The summed E-state index contributed by atoms with van der Waals surface area (Å²) in [5.41, 5.74) is -7.96. The average Bonchev–Trinajstić information content (AvgIpc) is 2.50. The largest absolute Gasteiger partial charge is 0.787 e. The van der Waals surface area contributed by atoms with Crippen molar-refractivity contribution < 1.29 is 97.9 Å². The van der Waals surface area contributed by atoms with Gasteiger partial charge in [-0.1, -0.05) is 0 Å². The summed E-state index contributed by atoms with van der Waals surface area (Å²) in [5, 5.41) is 0. The first-order valence-electron chi connectivity index (χ1n) is 6.36. The van der Waals surface area contributed by atoms with Crippen molar-refractivity contribution in [3.63, 3.8) is 0 Å². The first-order chi connectivity index (χ1) is 13.6. The number of hydrogen-bond acceptors (Lipinski definition) is 6. The highest BCUT2D eigenvalue weighted by Gasteiger charge is 2.92. The van der Waals surface area contributed by atoms with Crippen molar-refractivity contribution in [1.29, 1.82) is 0 Å². The molecule has 0 aromatic carbocycles. The lowest BCUT2D eigenvalue weighted by Crippen LogP contribution is -2.74. The van der Waals surface area contributed by atoms with Gasteiger partial charge in [-0.2, -0.15) is 70.2 Å². The molecule has 0 aromatic rings. The van der Waals surface area contributed by atoms with Crippen LogP contribution in [0.5, 0.6) is 0 Å². The molecule has 0 aliphatic carbocycles. The van der Waals surface area contributed by atoms with E-state index < -0.39 is 62.9 Å². The monoisotopic (exact) mass is 536 g/mol. The van der Waals surface area contributed by atoms with Gasteiger partial charge in [0.15, 0.2) is 0 Å². The van der Waals surface area contributed by atoms with Crippen molar-refractivity contribution in [3.05, 3.63) is 0 Å². The predicted molar refractivity (Wildman–Crippen MR) is 58.1 cm³/mol. The molecule has 188 valence electrons. The third kappa shape index (κ3) is 5.84. The molecular weight excluding hydrogens is 536 g/mol. The molecule has 0 aromatic heterocycles. The summed E-state index contributed by atoms with van der Waals surface area (Å²) in [6.07, 6.45) is -28.2. The van der Waals surface area contributed by atoms with Crippen LogP contribution in [0.3, 0.4) is 0 Å². The maximum Gasteiger partial charge on any atom is 0.787 e. The average molecular weight is 536 g/mol. The maximum absolute atomic E-state index is 13.9. The fourth-order valence-corrected chi connectivity index (χ4v) is 3.28. The molecule has 0 aliphatic heterocycles. The van der Waals surface area contributed by atoms with Gasteiger partial charge in [0.05, 0.1) is 0 Å². The standard InChI is InChI=1S/C9F16O6Si/c10-4(11,12)1(26)29-32(30-2(27)5(13,14)15,31-3(28)6(16,17)18)9(24,25)7(19,20)8(21,22)23. The Morgan fingerprint density at radius 1 is 0.469 bits per heavy atom. The third-order valence-corrected chi connectivity index (χ3v) is 4.96.